The molecule has 1 aromatic heterocycles. The molecule has 0 radical (unpaired) electrons. The van der Waals surface area contributed by atoms with Crippen molar-refractivity contribution in [2.24, 2.45) is 0 Å². The Labute approximate surface area is 186 Å². The zero-order chi connectivity index (χ0) is 22.8. The molecule has 2 amide bonds. The van der Waals surface area contributed by atoms with Crippen LogP contribution in [0.2, 0.25) is 0 Å². The number of carbonyl (C=O) groups excluding carboxylic acids is 2. The van der Waals surface area contributed by atoms with E-state index in [0.717, 1.165) is 37.8 Å². The lowest BCUT2D eigenvalue weighted by Gasteiger charge is -2.36. The van der Waals surface area contributed by atoms with Gasteiger partial charge in [0.05, 0.1) is 24.3 Å². The van der Waals surface area contributed by atoms with Crippen LogP contribution in [0.15, 0.2) is 23.0 Å². The molecule has 1 fully saturated rings. The van der Waals surface area contributed by atoms with Crippen LogP contribution in [0, 0.1) is 6.92 Å². The van der Waals surface area contributed by atoms with Crippen LogP contribution < -0.4 is 25.8 Å². The third-order valence-corrected chi connectivity index (χ3v) is 6.24. The number of nitrogens with zero attached hydrogens (tertiary/aromatic N) is 2. The van der Waals surface area contributed by atoms with Crippen molar-refractivity contribution < 1.29 is 14.3 Å². The molecule has 0 saturated carbocycles. The average molecular weight is 440 g/mol. The number of H-pyrrole nitrogens is 1. The first kappa shape index (κ1) is 21.9. The molecule has 32 heavy (non-hydrogen) atoms. The number of aromatic amines is 1. The summed E-state index contributed by atoms with van der Waals surface area (Å²) in [5, 5.41) is 5.51. The van der Waals surface area contributed by atoms with Gasteiger partial charge in [-0.2, -0.15) is 4.98 Å². The lowest BCUT2D eigenvalue weighted by Crippen LogP contribution is -2.43. The van der Waals surface area contributed by atoms with Crippen molar-refractivity contribution >= 4 is 29.3 Å². The van der Waals surface area contributed by atoms with Gasteiger partial charge in [0.2, 0.25) is 17.8 Å². The quantitative estimate of drug-likeness (QED) is 0.660. The minimum Gasteiger partial charge on any atom is -0.495 e. The summed E-state index contributed by atoms with van der Waals surface area (Å²) in [5.41, 5.74) is 1.22. The fraction of sp³-hybridized carbons (Fsp3) is 0.478. The van der Waals surface area contributed by atoms with Gasteiger partial charge in [-0.25, -0.2) is 0 Å². The predicted octanol–water partition coefficient (Wildman–Crippen LogP) is 2.92. The number of hydrogen-bond donors (Lipinski definition) is 3. The van der Waals surface area contributed by atoms with Gasteiger partial charge in [0.25, 0.3) is 5.56 Å². The van der Waals surface area contributed by atoms with Gasteiger partial charge in [-0.15, -0.1) is 0 Å². The summed E-state index contributed by atoms with van der Waals surface area (Å²) in [6, 6.07) is 5.71. The Hall–Kier alpha value is -3.36. The molecule has 9 heteroatoms. The van der Waals surface area contributed by atoms with Crippen LogP contribution in [-0.4, -0.2) is 41.5 Å². The van der Waals surface area contributed by atoms with E-state index < -0.39 is 17.4 Å². The summed E-state index contributed by atoms with van der Waals surface area (Å²) >= 11 is 0. The van der Waals surface area contributed by atoms with Crippen LogP contribution >= 0.6 is 0 Å². The molecule has 2 aliphatic rings. The molecule has 4 rings (SSSR count). The van der Waals surface area contributed by atoms with Crippen molar-refractivity contribution in [1.82, 2.24) is 9.97 Å². The number of aromatic nitrogens is 2. The van der Waals surface area contributed by atoms with Gasteiger partial charge in [-0.1, -0.05) is 13.0 Å². The van der Waals surface area contributed by atoms with Gasteiger partial charge in [0.1, 0.15) is 11.6 Å². The van der Waals surface area contributed by atoms with E-state index in [1.54, 1.807) is 12.1 Å². The Morgan fingerprint density at radius 1 is 1.31 bits per heavy atom. The maximum absolute atomic E-state index is 13.2. The van der Waals surface area contributed by atoms with Crippen molar-refractivity contribution in [3.63, 3.8) is 0 Å². The SMILES string of the molecule is CCC1CCCCN1c1nc2c(c(=O)[nH]1)C(C(=O)Nc1cc(C)ccc1OC)CC(=O)N2. The zero-order valence-electron chi connectivity index (χ0n) is 18.7. The third kappa shape index (κ3) is 4.19. The first-order valence-corrected chi connectivity index (χ1v) is 11.1. The molecule has 2 unspecified atom stereocenters. The maximum Gasteiger partial charge on any atom is 0.258 e. The van der Waals surface area contributed by atoms with Crippen molar-refractivity contribution in [1.29, 1.82) is 0 Å². The van der Waals surface area contributed by atoms with Crippen molar-refractivity contribution in [3.05, 3.63) is 39.7 Å². The Morgan fingerprint density at radius 3 is 2.88 bits per heavy atom. The van der Waals surface area contributed by atoms with Gasteiger partial charge in [-0.3, -0.25) is 19.4 Å². The summed E-state index contributed by atoms with van der Waals surface area (Å²) in [6.45, 7) is 4.81. The number of aryl methyl sites for hydroxylation is 1. The smallest absolute Gasteiger partial charge is 0.258 e. The second-order valence-electron chi connectivity index (χ2n) is 8.40. The summed E-state index contributed by atoms with van der Waals surface area (Å²) in [6.07, 6.45) is 4.01. The monoisotopic (exact) mass is 439 g/mol. The van der Waals surface area contributed by atoms with Gasteiger partial charge in [0.15, 0.2) is 0 Å². The first-order chi connectivity index (χ1) is 15.4. The van der Waals surface area contributed by atoms with Crippen molar-refractivity contribution in [2.45, 2.75) is 57.9 Å². The van der Waals surface area contributed by atoms with Crippen LogP contribution in [0.1, 0.15) is 56.1 Å². The number of carbonyl (C=O) groups is 2. The van der Waals surface area contributed by atoms with E-state index >= 15 is 0 Å². The molecule has 2 atom stereocenters. The molecule has 3 heterocycles. The summed E-state index contributed by atoms with van der Waals surface area (Å²) in [7, 11) is 1.52. The lowest BCUT2D eigenvalue weighted by atomic mass is 9.92. The van der Waals surface area contributed by atoms with Crippen LogP contribution in [0.4, 0.5) is 17.5 Å². The Morgan fingerprint density at radius 2 is 2.12 bits per heavy atom. The van der Waals surface area contributed by atoms with Crippen LogP contribution in [0.3, 0.4) is 0 Å². The van der Waals surface area contributed by atoms with Crippen LogP contribution in [-0.2, 0) is 9.59 Å². The van der Waals surface area contributed by atoms with Crippen molar-refractivity contribution in [2.75, 3.05) is 29.2 Å². The minimum atomic E-state index is -0.947. The van der Waals surface area contributed by atoms with Crippen LogP contribution in [0.25, 0.3) is 0 Å². The largest absolute Gasteiger partial charge is 0.495 e. The van der Waals surface area contributed by atoms with E-state index in [9.17, 15) is 14.4 Å². The molecule has 0 bridgehead atoms. The molecule has 2 aliphatic heterocycles. The Bertz CT molecular complexity index is 1100. The summed E-state index contributed by atoms with van der Waals surface area (Å²) in [4.78, 5) is 48.2. The van der Waals surface area contributed by atoms with E-state index in [0.29, 0.717) is 17.4 Å². The number of fused-ring (bicyclic) bond motifs is 1. The van der Waals surface area contributed by atoms with Gasteiger partial charge in [-0.05, 0) is 50.3 Å². The van der Waals surface area contributed by atoms with E-state index in [2.05, 4.69) is 32.4 Å². The molecule has 0 aliphatic carbocycles. The first-order valence-electron chi connectivity index (χ1n) is 11.1. The normalized spacial score (nSPS) is 20.3. The molecule has 170 valence electrons. The van der Waals surface area contributed by atoms with Crippen LogP contribution in [0.5, 0.6) is 5.75 Å². The fourth-order valence-corrected chi connectivity index (χ4v) is 4.56. The van der Waals surface area contributed by atoms with Gasteiger partial charge in [0, 0.05) is 19.0 Å². The molecule has 3 N–H and O–H groups in total. The second-order valence-corrected chi connectivity index (χ2v) is 8.40. The van der Waals surface area contributed by atoms with Gasteiger partial charge < -0.3 is 20.3 Å². The fourth-order valence-electron chi connectivity index (χ4n) is 4.56. The highest BCUT2D eigenvalue weighted by Gasteiger charge is 2.36. The number of rotatable bonds is 5. The summed E-state index contributed by atoms with van der Waals surface area (Å²) < 4.78 is 5.33. The Kier molecular flexibility index (Phi) is 6.16. The van der Waals surface area contributed by atoms with E-state index in [1.807, 2.05) is 13.0 Å². The number of amides is 2. The number of benzene rings is 1. The van der Waals surface area contributed by atoms with E-state index in [-0.39, 0.29) is 29.8 Å². The van der Waals surface area contributed by atoms with Crippen molar-refractivity contribution in [3.8, 4) is 5.75 Å². The number of anilines is 3. The highest BCUT2D eigenvalue weighted by atomic mass is 16.5. The predicted molar refractivity (Wildman–Crippen MR) is 122 cm³/mol. The molecule has 0 spiro atoms. The standard InChI is InChI=1S/C23H29N5O4/c1-4-14-7-5-6-10-28(14)23-26-20-19(22(31)27-23)15(12-18(29)25-20)21(30)24-16-11-13(2)8-9-17(16)32-3/h8-9,11,14-15H,4-7,10,12H2,1-3H3,(H,24,30)(H2,25,26,27,29,31). The number of hydrogen-bond acceptors (Lipinski definition) is 6. The molecule has 1 saturated heterocycles. The molecular formula is C23H29N5O4. The second kappa shape index (κ2) is 9.02. The minimum absolute atomic E-state index is 0.127. The molecule has 9 nitrogen and oxygen atoms in total. The number of nitrogens with one attached hydrogen (secondary N) is 3. The summed E-state index contributed by atoms with van der Waals surface area (Å²) in [5.74, 6) is -0.628. The number of piperidine rings is 1. The zero-order valence-corrected chi connectivity index (χ0v) is 18.7. The molecule has 1 aromatic carbocycles. The maximum atomic E-state index is 13.2. The molecule has 2 aromatic rings. The number of methoxy groups -OCH3 is 1. The van der Waals surface area contributed by atoms with Gasteiger partial charge >= 0.3 is 0 Å². The lowest BCUT2D eigenvalue weighted by molar-refractivity contribution is -0.123. The average Bonchev–Trinajstić information content (AvgIpc) is 2.78. The number of ether oxygens (including phenoxy) is 1. The third-order valence-electron chi connectivity index (χ3n) is 6.24. The topological polar surface area (TPSA) is 116 Å². The highest BCUT2D eigenvalue weighted by Crippen LogP contribution is 2.33. The molecular weight excluding hydrogens is 410 g/mol. The highest BCUT2D eigenvalue weighted by molar-refractivity contribution is 6.05. The van der Waals surface area contributed by atoms with E-state index in [1.165, 1.54) is 7.11 Å². The Balaban J connectivity index is 1.67. The van der Waals surface area contributed by atoms with E-state index in [4.69, 9.17) is 4.74 Å².